The van der Waals surface area contributed by atoms with E-state index in [0.29, 0.717) is 5.75 Å². The number of rotatable bonds is 3. The topological polar surface area (TPSA) is 29.5 Å². The summed E-state index contributed by atoms with van der Waals surface area (Å²) in [5, 5.41) is 12.3. The monoisotopic (exact) mass is 264 g/mol. The van der Waals surface area contributed by atoms with E-state index in [2.05, 4.69) is 18.2 Å². The Kier molecular flexibility index (Phi) is 3.30. The van der Waals surface area contributed by atoms with E-state index in [1.807, 2.05) is 36.4 Å². The lowest BCUT2D eigenvalue weighted by Gasteiger charge is -2.14. The molecule has 0 aliphatic heterocycles. The van der Waals surface area contributed by atoms with Crippen molar-refractivity contribution < 1.29 is 9.84 Å². The van der Waals surface area contributed by atoms with Gasteiger partial charge in [-0.3, -0.25) is 0 Å². The average Bonchev–Trinajstić information content (AvgIpc) is 2.48. The van der Waals surface area contributed by atoms with E-state index >= 15 is 0 Å². The van der Waals surface area contributed by atoms with E-state index in [-0.39, 0.29) is 5.75 Å². The summed E-state index contributed by atoms with van der Waals surface area (Å²) in [5.74, 6) is 0.754. The van der Waals surface area contributed by atoms with Crippen LogP contribution in [0.4, 0.5) is 0 Å². The van der Waals surface area contributed by atoms with E-state index < -0.39 is 0 Å². The van der Waals surface area contributed by atoms with Crippen molar-refractivity contribution in [2.75, 3.05) is 7.11 Å². The van der Waals surface area contributed by atoms with Crippen LogP contribution >= 0.6 is 0 Å². The Morgan fingerprint density at radius 1 is 0.950 bits per heavy atom. The fourth-order valence-electron chi connectivity index (χ4n) is 2.59. The van der Waals surface area contributed by atoms with Crippen LogP contribution in [0.15, 0.2) is 60.7 Å². The molecule has 0 unspecified atom stereocenters. The van der Waals surface area contributed by atoms with Crippen LogP contribution in [0.2, 0.25) is 0 Å². The molecule has 0 aliphatic carbocycles. The van der Waals surface area contributed by atoms with Crippen molar-refractivity contribution >= 4 is 10.8 Å². The van der Waals surface area contributed by atoms with Gasteiger partial charge < -0.3 is 9.84 Å². The predicted molar refractivity (Wildman–Crippen MR) is 81.4 cm³/mol. The lowest BCUT2D eigenvalue weighted by atomic mass is 9.97. The van der Waals surface area contributed by atoms with Gasteiger partial charge in [-0.25, -0.2) is 0 Å². The molecule has 3 rings (SSSR count). The molecule has 20 heavy (non-hydrogen) atoms. The molecule has 0 saturated carbocycles. The van der Waals surface area contributed by atoms with Gasteiger partial charge in [0.05, 0.1) is 7.11 Å². The van der Waals surface area contributed by atoms with Gasteiger partial charge in [0.1, 0.15) is 0 Å². The Bertz CT molecular complexity index is 733. The van der Waals surface area contributed by atoms with Gasteiger partial charge in [-0.2, -0.15) is 0 Å². The third kappa shape index (κ3) is 2.21. The minimum Gasteiger partial charge on any atom is -0.504 e. The molecule has 3 aromatic carbocycles. The summed E-state index contributed by atoms with van der Waals surface area (Å²) in [4.78, 5) is 0. The number of fused-ring (bicyclic) bond motifs is 1. The van der Waals surface area contributed by atoms with E-state index in [1.165, 1.54) is 5.56 Å². The molecule has 3 aromatic rings. The third-order valence-corrected chi connectivity index (χ3v) is 3.51. The van der Waals surface area contributed by atoms with Gasteiger partial charge >= 0.3 is 0 Å². The lowest BCUT2D eigenvalue weighted by molar-refractivity contribution is 0.371. The zero-order valence-electron chi connectivity index (χ0n) is 11.3. The van der Waals surface area contributed by atoms with E-state index in [1.54, 1.807) is 13.2 Å². The van der Waals surface area contributed by atoms with Gasteiger partial charge in [0.2, 0.25) is 0 Å². The number of phenolic OH excluding ortho intramolecular Hbond substituents is 1. The highest BCUT2D eigenvalue weighted by Crippen LogP contribution is 2.37. The number of hydrogen-bond acceptors (Lipinski definition) is 2. The van der Waals surface area contributed by atoms with Crippen LogP contribution in [0.1, 0.15) is 11.1 Å². The molecule has 2 nitrogen and oxygen atoms in total. The maximum atomic E-state index is 10.1. The molecule has 0 aromatic heterocycles. The van der Waals surface area contributed by atoms with Crippen LogP contribution < -0.4 is 4.74 Å². The second-order valence-electron chi connectivity index (χ2n) is 4.79. The molecular formula is C18H16O2. The van der Waals surface area contributed by atoms with Gasteiger partial charge in [-0.1, -0.05) is 54.6 Å². The minimum absolute atomic E-state index is 0.192. The summed E-state index contributed by atoms with van der Waals surface area (Å²) in [5.41, 5.74) is 2.22. The predicted octanol–water partition coefficient (Wildman–Crippen LogP) is 4.14. The van der Waals surface area contributed by atoms with Crippen molar-refractivity contribution in [3.05, 3.63) is 71.8 Å². The lowest BCUT2D eigenvalue weighted by Crippen LogP contribution is -1.96. The standard InChI is InChI=1S/C18H16O2/c1-20-18-16(11-13-7-3-2-4-8-13)15-10-6-5-9-14(15)12-17(18)19/h2-10,12,19H,11H2,1H3. The molecule has 0 spiro atoms. The summed E-state index contributed by atoms with van der Waals surface area (Å²) in [6.07, 6.45) is 0.735. The molecule has 0 fully saturated rings. The van der Waals surface area contributed by atoms with Crippen LogP contribution in [0.5, 0.6) is 11.5 Å². The van der Waals surface area contributed by atoms with Crippen LogP contribution in [-0.4, -0.2) is 12.2 Å². The quantitative estimate of drug-likeness (QED) is 0.770. The van der Waals surface area contributed by atoms with Crippen molar-refractivity contribution in [3.8, 4) is 11.5 Å². The van der Waals surface area contributed by atoms with E-state index in [0.717, 1.165) is 22.8 Å². The first-order chi connectivity index (χ1) is 9.79. The Labute approximate surface area is 118 Å². The number of phenols is 1. The van der Waals surface area contributed by atoms with Crippen molar-refractivity contribution in [2.45, 2.75) is 6.42 Å². The summed E-state index contributed by atoms with van der Waals surface area (Å²) in [7, 11) is 1.60. The van der Waals surface area contributed by atoms with Gasteiger partial charge in [-0.15, -0.1) is 0 Å². The largest absolute Gasteiger partial charge is 0.504 e. The van der Waals surface area contributed by atoms with E-state index in [4.69, 9.17) is 4.74 Å². The number of aromatic hydroxyl groups is 1. The molecule has 0 amide bonds. The summed E-state index contributed by atoms with van der Waals surface area (Å²) >= 11 is 0. The molecule has 1 N–H and O–H groups in total. The molecule has 0 saturated heterocycles. The van der Waals surface area contributed by atoms with Crippen LogP contribution in [0.3, 0.4) is 0 Å². The SMILES string of the molecule is COc1c(O)cc2ccccc2c1Cc1ccccc1. The molecule has 2 heteroatoms. The Hall–Kier alpha value is -2.48. The third-order valence-electron chi connectivity index (χ3n) is 3.51. The van der Waals surface area contributed by atoms with Crippen LogP contribution in [0.25, 0.3) is 10.8 Å². The first-order valence-corrected chi connectivity index (χ1v) is 6.61. The van der Waals surface area contributed by atoms with Crippen molar-refractivity contribution in [1.82, 2.24) is 0 Å². The molecular weight excluding hydrogens is 248 g/mol. The molecule has 0 aliphatic rings. The number of hydrogen-bond donors (Lipinski definition) is 1. The Morgan fingerprint density at radius 3 is 2.40 bits per heavy atom. The highest BCUT2D eigenvalue weighted by molar-refractivity contribution is 5.90. The fraction of sp³-hybridized carbons (Fsp3) is 0.111. The van der Waals surface area contributed by atoms with Gasteiger partial charge in [-0.05, 0) is 22.4 Å². The molecule has 0 radical (unpaired) electrons. The van der Waals surface area contributed by atoms with Crippen molar-refractivity contribution in [2.24, 2.45) is 0 Å². The molecule has 0 atom stereocenters. The summed E-state index contributed by atoms with van der Waals surface area (Å²) in [6.45, 7) is 0. The average molecular weight is 264 g/mol. The molecule has 100 valence electrons. The summed E-state index contributed by atoms with van der Waals surface area (Å²) in [6, 6.07) is 20.0. The number of methoxy groups -OCH3 is 1. The smallest absolute Gasteiger partial charge is 0.164 e. The number of ether oxygens (including phenoxy) is 1. The first-order valence-electron chi connectivity index (χ1n) is 6.61. The van der Waals surface area contributed by atoms with Gasteiger partial charge in [0, 0.05) is 12.0 Å². The maximum Gasteiger partial charge on any atom is 0.164 e. The number of benzene rings is 3. The van der Waals surface area contributed by atoms with Crippen molar-refractivity contribution in [3.63, 3.8) is 0 Å². The first kappa shape index (κ1) is 12.5. The zero-order chi connectivity index (χ0) is 13.9. The van der Waals surface area contributed by atoms with Crippen LogP contribution in [0, 0.1) is 0 Å². The molecule has 0 bridgehead atoms. The van der Waals surface area contributed by atoms with Gasteiger partial charge in [0.15, 0.2) is 11.5 Å². The summed E-state index contributed by atoms with van der Waals surface area (Å²) < 4.78 is 5.41. The Balaban J connectivity index is 2.21. The second-order valence-corrected chi connectivity index (χ2v) is 4.79. The normalized spacial score (nSPS) is 10.7. The second kappa shape index (κ2) is 5.25. The van der Waals surface area contributed by atoms with Crippen LogP contribution in [-0.2, 0) is 6.42 Å². The minimum atomic E-state index is 0.192. The van der Waals surface area contributed by atoms with Gasteiger partial charge in [0.25, 0.3) is 0 Å². The molecule has 0 heterocycles. The van der Waals surface area contributed by atoms with Crippen molar-refractivity contribution in [1.29, 1.82) is 0 Å². The maximum absolute atomic E-state index is 10.1. The Morgan fingerprint density at radius 2 is 1.65 bits per heavy atom. The van der Waals surface area contributed by atoms with E-state index in [9.17, 15) is 5.11 Å². The fourth-order valence-corrected chi connectivity index (χ4v) is 2.59. The zero-order valence-corrected chi connectivity index (χ0v) is 11.3. The highest BCUT2D eigenvalue weighted by Gasteiger charge is 2.13. The highest BCUT2D eigenvalue weighted by atomic mass is 16.5.